The van der Waals surface area contributed by atoms with Crippen molar-refractivity contribution >= 4 is 55.9 Å². The summed E-state index contributed by atoms with van der Waals surface area (Å²) in [4.78, 5) is 38.6. The molecule has 13 heteroatoms. The summed E-state index contributed by atoms with van der Waals surface area (Å²) in [6.45, 7) is 2.81. The third-order valence-electron chi connectivity index (χ3n) is 5.57. The summed E-state index contributed by atoms with van der Waals surface area (Å²) in [5.41, 5.74) is 1.40. The second kappa shape index (κ2) is 9.45. The first kappa shape index (κ1) is 23.7. The Hall–Kier alpha value is -2.41. The summed E-state index contributed by atoms with van der Waals surface area (Å²) >= 11 is 10.6. The van der Waals surface area contributed by atoms with Gasteiger partial charge in [-0.1, -0.05) is 22.9 Å². The van der Waals surface area contributed by atoms with Gasteiger partial charge in [-0.25, -0.2) is 14.8 Å². The summed E-state index contributed by atoms with van der Waals surface area (Å²) in [5, 5.41) is 13.8. The van der Waals surface area contributed by atoms with Crippen molar-refractivity contribution in [2.75, 3.05) is 25.1 Å². The van der Waals surface area contributed by atoms with Gasteiger partial charge in [-0.3, -0.25) is 4.79 Å². The Bertz CT molecular complexity index is 1210. The quantitative estimate of drug-likeness (QED) is 0.425. The van der Waals surface area contributed by atoms with Gasteiger partial charge in [0.1, 0.15) is 16.3 Å². The van der Waals surface area contributed by atoms with Crippen molar-refractivity contribution in [3.8, 4) is 11.5 Å². The van der Waals surface area contributed by atoms with Crippen LogP contribution in [0.4, 0.5) is 5.13 Å². The van der Waals surface area contributed by atoms with Gasteiger partial charge in [0, 0.05) is 45.3 Å². The van der Waals surface area contributed by atoms with Crippen LogP contribution in [-0.4, -0.2) is 68.8 Å². The Balaban J connectivity index is 1.52. The minimum absolute atomic E-state index is 0.132. The minimum Gasteiger partial charge on any atom is -0.477 e. The first-order valence-electron chi connectivity index (χ1n) is 10.0. The van der Waals surface area contributed by atoms with Gasteiger partial charge in [0.25, 0.3) is 5.91 Å². The number of carboxylic acids is 1. The summed E-state index contributed by atoms with van der Waals surface area (Å²) in [7, 11) is 3.38. The number of aryl methyl sites for hydroxylation is 2. The van der Waals surface area contributed by atoms with E-state index >= 15 is 0 Å². The molecular weight excluding hydrogens is 536 g/mol. The van der Waals surface area contributed by atoms with Crippen molar-refractivity contribution in [3.63, 3.8) is 0 Å². The van der Waals surface area contributed by atoms with Gasteiger partial charge in [0.05, 0.1) is 21.6 Å². The van der Waals surface area contributed by atoms with Crippen LogP contribution in [0.3, 0.4) is 0 Å². The lowest BCUT2D eigenvalue weighted by molar-refractivity contribution is 0.0540. The molecule has 1 amide bonds. The molecule has 4 heterocycles. The second-order valence-electron chi connectivity index (χ2n) is 7.68. The Morgan fingerprint density at radius 2 is 2.21 bits per heavy atom. The van der Waals surface area contributed by atoms with E-state index in [2.05, 4.69) is 36.2 Å². The molecule has 0 aromatic carbocycles. The standard InChI is InChI=1S/C20H22BrClN6O4S/c1-9-13(22)12(21)14(24-9)18(29)25-10-4-6-28(8-11(10)32-3)20-26-15(16(33-20)19(30)31)17-23-5-7-27(17)2/h5,7,10-11,24H,4,6,8H2,1-3H3,(H,25,29)(H,30,31)/t10-,11+/m1/s1. The number of aromatic nitrogens is 4. The number of amides is 1. The molecule has 0 unspecified atom stereocenters. The van der Waals surface area contributed by atoms with Crippen molar-refractivity contribution < 1.29 is 19.4 Å². The van der Waals surface area contributed by atoms with E-state index < -0.39 is 5.97 Å². The number of piperidine rings is 1. The number of methoxy groups -OCH3 is 1. The molecule has 0 aliphatic carbocycles. The zero-order chi connectivity index (χ0) is 23.9. The monoisotopic (exact) mass is 556 g/mol. The van der Waals surface area contributed by atoms with Gasteiger partial charge in [0.2, 0.25) is 0 Å². The summed E-state index contributed by atoms with van der Waals surface area (Å²) in [6.07, 6.45) is 3.62. The number of carbonyl (C=O) groups excluding carboxylic acids is 1. The number of hydrogen-bond donors (Lipinski definition) is 3. The molecule has 0 radical (unpaired) electrons. The number of nitrogens with zero attached hydrogens (tertiary/aromatic N) is 4. The fraction of sp³-hybridized carbons (Fsp3) is 0.400. The lowest BCUT2D eigenvalue weighted by atomic mass is 10.0. The number of aromatic amines is 1. The Labute approximate surface area is 207 Å². The number of carbonyl (C=O) groups is 2. The maximum Gasteiger partial charge on any atom is 0.348 e. The predicted octanol–water partition coefficient (Wildman–Crippen LogP) is 3.32. The number of anilines is 1. The molecule has 0 saturated carbocycles. The van der Waals surface area contributed by atoms with Crippen LogP contribution >= 0.6 is 38.9 Å². The van der Waals surface area contributed by atoms with Gasteiger partial charge >= 0.3 is 5.97 Å². The van der Waals surface area contributed by atoms with Crippen LogP contribution < -0.4 is 10.2 Å². The van der Waals surface area contributed by atoms with Crippen LogP contribution in [0.25, 0.3) is 11.5 Å². The van der Waals surface area contributed by atoms with Crippen LogP contribution in [0.15, 0.2) is 16.9 Å². The molecule has 2 atom stereocenters. The average Bonchev–Trinajstić information content (AvgIpc) is 3.48. The Morgan fingerprint density at radius 1 is 1.45 bits per heavy atom. The number of hydrogen-bond acceptors (Lipinski definition) is 7. The largest absolute Gasteiger partial charge is 0.477 e. The molecule has 3 aromatic rings. The van der Waals surface area contributed by atoms with Crippen LogP contribution in [0.2, 0.25) is 5.02 Å². The zero-order valence-electron chi connectivity index (χ0n) is 18.1. The van der Waals surface area contributed by atoms with Crippen molar-refractivity contribution in [2.24, 2.45) is 7.05 Å². The summed E-state index contributed by atoms with van der Waals surface area (Å²) in [5.74, 6) is -0.838. The number of nitrogens with one attached hydrogen (secondary N) is 2. The van der Waals surface area contributed by atoms with Gasteiger partial charge in [0.15, 0.2) is 11.0 Å². The van der Waals surface area contributed by atoms with E-state index in [9.17, 15) is 14.7 Å². The van der Waals surface area contributed by atoms with Gasteiger partial charge in [-0.2, -0.15) is 0 Å². The number of aromatic carboxylic acids is 1. The van der Waals surface area contributed by atoms with E-state index in [4.69, 9.17) is 16.3 Å². The van der Waals surface area contributed by atoms with E-state index in [1.807, 2.05) is 4.90 Å². The normalized spacial score (nSPS) is 18.5. The molecule has 0 bridgehead atoms. The van der Waals surface area contributed by atoms with Crippen molar-refractivity contribution in [1.82, 2.24) is 24.8 Å². The van der Waals surface area contributed by atoms with Crippen molar-refractivity contribution in [3.05, 3.63) is 38.2 Å². The van der Waals surface area contributed by atoms with E-state index in [-0.39, 0.29) is 22.9 Å². The lowest BCUT2D eigenvalue weighted by Crippen LogP contribution is -2.55. The molecule has 3 N–H and O–H groups in total. The van der Waals surface area contributed by atoms with Crippen molar-refractivity contribution in [1.29, 1.82) is 0 Å². The summed E-state index contributed by atoms with van der Waals surface area (Å²) in [6, 6.07) is -0.235. The molecule has 176 valence electrons. The number of ether oxygens (including phenoxy) is 1. The molecule has 0 spiro atoms. The highest BCUT2D eigenvalue weighted by Gasteiger charge is 2.34. The lowest BCUT2D eigenvalue weighted by Gasteiger charge is -2.37. The topological polar surface area (TPSA) is 125 Å². The van der Waals surface area contributed by atoms with Crippen LogP contribution in [0.1, 0.15) is 32.3 Å². The molecule has 1 saturated heterocycles. The number of rotatable bonds is 6. The van der Waals surface area contributed by atoms with E-state index in [1.165, 1.54) is 0 Å². The van der Waals surface area contributed by atoms with Crippen LogP contribution in [0, 0.1) is 6.92 Å². The van der Waals surface area contributed by atoms with Crippen molar-refractivity contribution in [2.45, 2.75) is 25.5 Å². The molecule has 1 aliphatic heterocycles. The molecular formula is C20H22BrClN6O4S. The highest BCUT2D eigenvalue weighted by molar-refractivity contribution is 9.10. The third-order valence-corrected chi connectivity index (χ3v) is 8.17. The molecule has 1 aliphatic rings. The van der Waals surface area contributed by atoms with Gasteiger partial charge < -0.3 is 29.6 Å². The van der Waals surface area contributed by atoms with E-state index in [1.54, 1.807) is 38.0 Å². The third kappa shape index (κ3) is 4.52. The zero-order valence-corrected chi connectivity index (χ0v) is 21.2. The van der Waals surface area contributed by atoms with Gasteiger partial charge in [-0.15, -0.1) is 0 Å². The van der Waals surface area contributed by atoms with Crippen LogP contribution in [0.5, 0.6) is 0 Å². The molecule has 1 fully saturated rings. The Kier molecular flexibility index (Phi) is 6.80. The maximum atomic E-state index is 12.8. The second-order valence-corrected chi connectivity index (χ2v) is 9.83. The van der Waals surface area contributed by atoms with Gasteiger partial charge in [-0.05, 0) is 29.3 Å². The molecule has 10 nitrogen and oxygen atoms in total. The number of imidazole rings is 1. The smallest absolute Gasteiger partial charge is 0.348 e. The SMILES string of the molecule is CO[C@H]1CN(c2nc(-c3nccn3C)c(C(=O)O)s2)CC[C@H]1NC(=O)c1[nH]c(C)c(Cl)c1Br. The van der Waals surface area contributed by atoms with E-state index in [0.29, 0.717) is 57.0 Å². The number of carboxylic acid groups (broad SMARTS) is 1. The average molecular weight is 558 g/mol. The highest BCUT2D eigenvalue weighted by atomic mass is 79.9. The summed E-state index contributed by atoms with van der Waals surface area (Å²) < 4.78 is 7.93. The van der Waals surface area contributed by atoms with Crippen LogP contribution in [-0.2, 0) is 11.8 Å². The van der Waals surface area contributed by atoms with E-state index in [0.717, 1.165) is 11.3 Å². The highest BCUT2D eigenvalue weighted by Crippen LogP contribution is 2.34. The fourth-order valence-corrected chi connectivity index (χ4v) is 5.45. The minimum atomic E-state index is -1.05. The molecule has 33 heavy (non-hydrogen) atoms. The predicted molar refractivity (Wildman–Crippen MR) is 128 cm³/mol. The number of halogens is 2. The number of thiazole rings is 1. The fourth-order valence-electron chi connectivity index (χ4n) is 3.80. The maximum absolute atomic E-state index is 12.8. The first-order chi connectivity index (χ1) is 15.7. The first-order valence-corrected chi connectivity index (χ1v) is 12.0. The number of H-pyrrole nitrogens is 1. The Morgan fingerprint density at radius 3 is 2.79 bits per heavy atom. The molecule has 3 aromatic heterocycles. The molecule has 4 rings (SSSR count).